The third-order valence-electron chi connectivity index (χ3n) is 5.98. The van der Waals surface area contributed by atoms with Crippen LogP contribution >= 0.6 is 0 Å². The summed E-state index contributed by atoms with van der Waals surface area (Å²) in [6, 6.07) is 8.36. The molecule has 1 aromatic heterocycles. The number of piperidine rings is 1. The Balaban J connectivity index is 1.51. The first kappa shape index (κ1) is 21.1. The van der Waals surface area contributed by atoms with Gasteiger partial charge in [0.1, 0.15) is 23.8 Å². The molecule has 9 nitrogen and oxygen atoms in total. The van der Waals surface area contributed by atoms with Crippen LogP contribution in [-0.4, -0.2) is 57.6 Å². The molecule has 0 unspecified atom stereocenters. The molecule has 5 rings (SSSR count). The quantitative estimate of drug-likeness (QED) is 0.330. The maximum Gasteiger partial charge on any atom is 0.270 e. The van der Waals surface area contributed by atoms with Gasteiger partial charge in [0.15, 0.2) is 5.88 Å². The highest BCUT2D eigenvalue weighted by molar-refractivity contribution is 6.58. The van der Waals surface area contributed by atoms with Crippen LogP contribution in [0, 0.1) is 15.9 Å². The zero-order valence-corrected chi connectivity index (χ0v) is 17.8. The molecule has 2 aliphatic rings. The first-order valence-corrected chi connectivity index (χ1v) is 10.8. The van der Waals surface area contributed by atoms with Gasteiger partial charge in [-0.15, -0.1) is 0 Å². The predicted molar refractivity (Wildman–Crippen MR) is 122 cm³/mol. The molecule has 0 saturated carbocycles. The molecule has 170 valence electrons. The number of H-pyrrole nitrogens is 1. The Morgan fingerprint density at radius 1 is 1.21 bits per heavy atom. The number of nitro benzene ring substituents is 1. The second-order valence-electron chi connectivity index (χ2n) is 8.13. The van der Waals surface area contributed by atoms with Gasteiger partial charge in [-0.25, -0.2) is 9.38 Å². The fourth-order valence-corrected chi connectivity index (χ4v) is 4.35. The minimum Gasteiger partial charge on any atom is -0.494 e. The van der Waals surface area contributed by atoms with E-state index < -0.39 is 10.7 Å². The number of oxime groups is 1. The van der Waals surface area contributed by atoms with Crippen LogP contribution in [0.3, 0.4) is 0 Å². The molecular weight excluding hydrogens is 429 g/mol. The highest BCUT2D eigenvalue weighted by Gasteiger charge is 2.30. The van der Waals surface area contributed by atoms with Crippen LogP contribution in [0.4, 0.5) is 15.8 Å². The fourth-order valence-electron chi connectivity index (χ4n) is 4.35. The molecule has 0 bridgehead atoms. The second-order valence-corrected chi connectivity index (χ2v) is 8.13. The molecule has 3 aromatic rings. The van der Waals surface area contributed by atoms with Crippen LogP contribution in [0.5, 0.6) is 5.88 Å². The van der Waals surface area contributed by atoms with E-state index in [9.17, 15) is 19.6 Å². The van der Waals surface area contributed by atoms with Gasteiger partial charge in [-0.3, -0.25) is 15.0 Å². The van der Waals surface area contributed by atoms with E-state index in [1.54, 1.807) is 0 Å². The molecule has 1 fully saturated rings. The van der Waals surface area contributed by atoms with Crippen molar-refractivity contribution in [2.75, 3.05) is 26.2 Å². The number of rotatable bonds is 6. The summed E-state index contributed by atoms with van der Waals surface area (Å²) in [7, 11) is 0. The van der Waals surface area contributed by atoms with E-state index in [0.717, 1.165) is 19.6 Å². The minimum atomic E-state index is -0.507. The molecule has 2 N–H and O–H groups in total. The number of benzene rings is 2. The van der Waals surface area contributed by atoms with E-state index in [2.05, 4.69) is 20.0 Å². The number of hydrogen-bond acceptors (Lipinski definition) is 7. The van der Waals surface area contributed by atoms with Crippen molar-refractivity contribution in [1.82, 2.24) is 9.88 Å². The maximum absolute atomic E-state index is 14.0. The zero-order valence-electron chi connectivity index (χ0n) is 17.8. The van der Waals surface area contributed by atoms with Crippen molar-refractivity contribution in [2.45, 2.75) is 19.3 Å². The number of likely N-dealkylation sites (tertiary alicyclic amines) is 1. The van der Waals surface area contributed by atoms with Crippen LogP contribution in [-0.2, 0) is 4.84 Å². The summed E-state index contributed by atoms with van der Waals surface area (Å²) in [6.45, 7) is 3.14. The Morgan fingerprint density at radius 2 is 2.03 bits per heavy atom. The first-order chi connectivity index (χ1) is 16.0. The number of aliphatic imine (C=N–C) groups is 1. The molecule has 3 heterocycles. The third-order valence-corrected chi connectivity index (χ3v) is 5.98. The molecule has 0 amide bonds. The number of non-ortho nitro benzene ring substituents is 1. The highest BCUT2D eigenvalue weighted by atomic mass is 19.1. The molecule has 10 heteroatoms. The Hall–Kier alpha value is -3.79. The van der Waals surface area contributed by atoms with E-state index >= 15 is 0 Å². The standard InChI is InChI=1S/C23H22FN5O4/c24-14-4-6-19-17(12-14)21(27-33-11-10-28-8-2-1-3-9-28)22(25-19)20-16-13-15(29(31)32)5-7-18(16)26-23(20)30/h4-7,12-13,26,30H,1-3,8-11H2/b27-21+. The lowest BCUT2D eigenvalue weighted by atomic mass is 10.0. The Bertz CT molecular complexity index is 1290. The maximum atomic E-state index is 14.0. The molecule has 33 heavy (non-hydrogen) atoms. The normalized spacial score (nSPS) is 17.4. The number of halogens is 1. The molecule has 0 aliphatic carbocycles. The van der Waals surface area contributed by atoms with Gasteiger partial charge >= 0.3 is 0 Å². The summed E-state index contributed by atoms with van der Waals surface area (Å²) in [6.07, 6.45) is 3.59. The van der Waals surface area contributed by atoms with Gasteiger partial charge < -0.3 is 14.9 Å². The Kier molecular flexibility index (Phi) is 5.51. The van der Waals surface area contributed by atoms with Gasteiger partial charge in [0.05, 0.1) is 16.2 Å². The summed E-state index contributed by atoms with van der Waals surface area (Å²) >= 11 is 0. The minimum absolute atomic E-state index is 0.124. The number of hydrogen-bond donors (Lipinski definition) is 2. The number of nitrogens with one attached hydrogen (secondary N) is 1. The lowest BCUT2D eigenvalue weighted by Gasteiger charge is -2.25. The molecule has 0 radical (unpaired) electrons. The molecule has 2 aromatic carbocycles. The number of aromatic nitrogens is 1. The van der Waals surface area contributed by atoms with Gasteiger partial charge in [-0.1, -0.05) is 11.6 Å². The van der Waals surface area contributed by atoms with Gasteiger partial charge in [0.25, 0.3) is 5.69 Å². The number of nitro groups is 1. The van der Waals surface area contributed by atoms with Gasteiger partial charge in [-0.05, 0) is 50.2 Å². The molecule has 2 aliphatic heterocycles. The monoisotopic (exact) mass is 451 g/mol. The predicted octanol–water partition coefficient (Wildman–Crippen LogP) is 4.26. The van der Waals surface area contributed by atoms with E-state index in [0.29, 0.717) is 28.8 Å². The number of aromatic amines is 1. The molecular formula is C23H22FN5O4. The smallest absolute Gasteiger partial charge is 0.270 e. The van der Waals surface area contributed by atoms with E-state index in [-0.39, 0.29) is 28.6 Å². The number of aromatic hydroxyl groups is 1. The fraction of sp³-hybridized carbons (Fsp3) is 0.304. The van der Waals surface area contributed by atoms with Crippen molar-refractivity contribution >= 4 is 33.7 Å². The van der Waals surface area contributed by atoms with Crippen molar-refractivity contribution in [3.05, 3.63) is 63.5 Å². The van der Waals surface area contributed by atoms with Crippen LogP contribution in [0.15, 0.2) is 46.5 Å². The largest absolute Gasteiger partial charge is 0.494 e. The van der Waals surface area contributed by atoms with E-state index in [1.807, 2.05) is 0 Å². The van der Waals surface area contributed by atoms with E-state index in [4.69, 9.17) is 4.84 Å². The van der Waals surface area contributed by atoms with Crippen molar-refractivity contribution in [2.24, 2.45) is 10.1 Å². The van der Waals surface area contributed by atoms with Crippen LogP contribution in [0.1, 0.15) is 30.4 Å². The van der Waals surface area contributed by atoms with Crippen molar-refractivity contribution in [3.8, 4) is 5.88 Å². The SMILES string of the molecule is O=[N+]([O-])c1ccc2[nH]c(O)c(C3=Nc4ccc(F)cc4/C3=N\OCCN3CCCCC3)c2c1. The van der Waals surface area contributed by atoms with Gasteiger partial charge in [-0.2, -0.15) is 0 Å². The Labute approximate surface area is 188 Å². The molecule has 0 spiro atoms. The van der Waals surface area contributed by atoms with Gasteiger partial charge in [0.2, 0.25) is 0 Å². The van der Waals surface area contributed by atoms with Gasteiger partial charge in [0, 0.05) is 35.1 Å². The van der Waals surface area contributed by atoms with E-state index in [1.165, 1.54) is 55.7 Å². The summed E-state index contributed by atoms with van der Waals surface area (Å²) in [4.78, 5) is 26.1. The average Bonchev–Trinajstić information content (AvgIpc) is 3.32. The zero-order chi connectivity index (χ0) is 22.9. The lowest BCUT2D eigenvalue weighted by Crippen LogP contribution is -2.32. The summed E-state index contributed by atoms with van der Waals surface area (Å²) in [5.41, 5.74) is 2.07. The molecule has 1 saturated heterocycles. The molecule has 0 atom stereocenters. The summed E-state index contributed by atoms with van der Waals surface area (Å²) in [5, 5.41) is 26.6. The van der Waals surface area contributed by atoms with Crippen LogP contribution in [0.25, 0.3) is 10.9 Å². The van der Waals surface area contributed by atoms with Crippen molar-refractivity contribution in [3.63, 3.8) is 0 Å². The second kappa shape index (κ2) is 8.62. The summed E-state index contributed by atoms with van der Waals surface area (Å²) in [5.74, 6) is -0.663. The van der Waals surface area contributed by atoms with Crippen LogP contribution in [0.2, 0.25) is 0 Å². The third kappa shape index (κ3) is 4.05. The van der Waals surface area contributed by atoms with Crippen molar-refractivity contribution in [1.29, 1.82) is 0 Å². The summed E-state index contributed by atoms with van der Waals surface area (Å²) < 4.78 is 14.0. The Morgan fingerprint density at radius 3 is 2.82 bits per heavy atom. The van der Waals surface area contributed by atoms with Crippen LogP contribution < -0.4 is 0 Å². The lowest BCUT2D eigenvalue weighted by molar-refractivity contribution is -0.384. The van der Waals surface area contributed by atoms with Crippen molar-refractivity contribution < 1.29 is 19.3 Å². The topological polar surface area (TPSA) is 116 Å². The number of fused-ring (bicyclic) bond motifs is 2. The average molecular weight is 451 g/mol. The highest BCUT2D eigenvalue weighted by Crippen LogP contribution is 2.37. The number of nitrogens with zero attached hydrogens (tertiary/aromatic N) is 4. The first-order valence-electron chi connectivity index (χ1n) is 10.8.